The molecule has 1 fully saturated rings. The number of rotatable bonds is 9. The Hall–Kier alpha value is -2.79. The number of likely N-dealkylation sites (N-methyl/N-ethyl adjacent to an activating group) is 1. The molecule has 6 nitrogen and oxygen atoms in total. The van der Waals surface area contributed by atoms with Crippen LogP contribution in [0, 0.1) is 17.1 Å². The number of morpholine rings is 1. The van der Waals surface area contributed by atoms with Crippen molar-refractivity contribution in [2.24, 2.45) is 0 Å². The number of carbonyl (C=O) groups excluding carboxylic acids is 1. The summed E-state index contributed by atoms with van der Waals surface area (Å²) in [7, 11) is 1.67. The van der Waals surface area contributed by atoms with Gasteiger partial charge < -0.3 is 9.64 Å². The van der Waals surface area contributed by atoms with E-state index >= 15 is 0 Å². The molecule has 2 aromatic rings. The standard InChI is InChI=1S/C25H31FN4O2/c1-20(16-29-10-12-32-13-11-29)30(17-21-6-4-3-5-7-21)19-25(31)28(2)18-23-14-22(15-27)8-9-24(23)26/h3-9,14,20H,10-13,16-19H2,1-2H3. The van der Waals surface area contributed by atoms with Crippen molar-refractivity contribution >= 4 is 5.91 Å². The minimum atomic E-state index is -0.412. The fraction of sp³-hybridized carbons (Fsp3) is 0.440. The summed E-state index contributed by atoms with van der Waals surface area (Å²) < 4.78 is 19.6. The quantitative estimate of drug-likeness (QED) is 0.603. The summed E-state index contributed by atoms with van der Waals surface area (Å²) in [6.07, 6.45) is 0. The Morgan fingerprint density at radius 2 is 1.91 bits per heavy atom. The van der Waals surface area contributed by atoms with Gasteiger partial charge in [-0.15, -0.1) is 0 Å². The Labute approximate surface area is 189 Å². The van der Waals surface area contributed by atoms with Crippen LogP contribution in [0.2, 0.25) is 0 Å². The largest absolute Gasteiger partial charge is 0.379 e. The zero-order chi connectivity index (χ0) is 22.9. The first-order chi connectivity index (χ1) is 15.5. The minimum Gasteiger partial charge on any atom is -0.379 e. The van der Waals surface area contributed by atoms with E-state index in [1.54, 1.807) is 7.05 Å². The molecule has 0 radical (unpaired) electrons. The first-order valence-corrected chi connectivity index (χ1v) is 11.0. The molecule has 1 aliphatic rings. The van der Waals surface area contributed by atoms with Crippen LogP contribution in [0.4, 0.5) is 4.39 Å². The topological polar surface area (TPSA) is 59.8 Å². The van der Waals surface area contributed by atoms with Gasteiger partial charge in [0.05, 0.1) is 31.4 Å². The van der Waals surface area contributed by atoms with Crippen LogP contribution in [0.5, 0.6) is 0 Å². The number of carbonyl (C=O) groups is 1. The summed E-state index contributed by atoms with van der Waals surface area (Å²) in [5.74, 6) is -0.498. The first-order valence-electron chi connectivity index (χ1n) is 11.0. The molecule has 1 atom stereocenters. The maximum Gasteiger partial charge on any atom is 0.236 e. The fourth-order valence-electron chi connectivity index (χ4n) is 3.86. The molecular formula is C25H31FN4O2. The van der Waals surface area contributed by atoms with Gasteiger partial charge in [0.15, 0.2) is 0 Å². The number of ether oxygens (including phenoxy) is 1. The molecule has 0 bridgehead atoms. The van der Waals surface area contributed by atoms with Crippen molar-refractivity contribution in [1.82, 2.24) is 14.7 Å². The van der Waals surface area contributed by atoms with E-state index in [1.807, 2.05) is 24.3 Å². The number of benzene rings is 2. The molecule has 1 saturated heterocycles. The molecule has 0 aliphatic carbocycles. The summed E-state index contributed by atoms with van der Waals surface area (Å²) in [5, 5.41) is 9.08. The maximum absolute atomic E-state index is 14.2. The van der Waals surface area contributed by atoms with E-state index in [4.69, 9.17) is 10.00 Å². The van der Waals surface area contributed by atoms with Crippen LogP contribution in [-0.4, -0.2) is 73.1 Å². The molecule has 1 aliphatic heterocycles. The Balaban J connectivity index is 1.68. The molecular weight excluding hydrogens is 407 g/mol. The van der Waals surface area contributed by atoms with E-state index in [0.29, 0.717) is 17.7 Å². The zero-order valence-electron chi connectivity index (χ0n) is 18.8. The highest BCUT2D eigenvalue weighted by Gasteiger charge is 2.23. The third-order valence-electron chi connectivity index (χ3n) is 5.82. The number of hydrogen-bond donors (Lipinski definition) is 0. The summed E-state index contributed by atoms with van der Waals surface area (Å²) in [6.45, 7) is 7.27. The lowest BCUT2D eigenvalue weighted by molar-refractivity contribution is -0.132. The van der Waals surface area contributed by atoms with Gasteiger partial charge in [0.1, 0.15) is 5.82 Å². The third kappa shape index (κ3) is 6.86. The van der Waals surface area contributed by atoms with Gasteiger partial charge in [-0.25, -0.2) is 4.39 Å². The van der Waals surface area contributed by atoms with E-state index in [1.165, 1.54) is 23.1 Å². The summed E-state index contributed by atoms with van der Waals surface area (Å²) in [4.78, 5) is 19.1. The SMILES string of the molecule is CC(CN1CCOCC1)N(CC(=O)N(C)Cc1cc(C#N)ccc1F)Cc1ccccc1. The second-order valence-corrected chi connectivity index (χ2v) is 8.32. The van der Waals surface area contributed by atoms with Gasteiger partial charge in [-0.1, -0.05) is 30.3 Å². The molecule has 0 aromatic heterocycles. The van der Waals surface area contributed by atoms with Gasteiger partial charge in [0.25, 0.3) is 0 Å². The number of amides is 1. The average Bonchev–Trinajstić information content (AvgIpc) is 2.81. The molecule has 170 valence electrons. The molecule has 2 aromatic carbocycles. The van der Waals surface area contributed by atoms with Crippen LogP contribution >= 0.6 is 0 Å². The molecule has 1 heterocycles. The van der Waals surface area contributed by atoms with Crippen LogP contribution in [0.3, 0.4) is 0 Å². The lowest BCUT2D eigenvalue weighted by Crippen LogP contribution is -2.48. The first kappa shape index (κ1) is 23.9. The molecule has 0 N–H and O–H groups in total. The zero-order valence-corrected chi connectivity index (χ0v) is 18.8. The molecule has 7 heteroatoms. The van der Waals surface area contributed by atoms with Crippen molar-refractivity contribution in [3.8, 4) is 6.07 Å². The van der Waals surface area contributed by atoms with Gasteiger partial charge in [0, 0.05) is 51.4 Å². The highest BCUT2D eigenvalue weighted by atomic mass is 19.1. The summed E-state index contributed by atoms with van der Waals surface area (Å²) >= 11 is 0. The highest BCUT2D eigenvalue weighted by molar-refractivity contribution is 5.78. The van der Waals surface area contributed by atoms with Crippen molar-refractivity contribution in [2.45, 2.75) is 26.1 Å². The number of nitrogens with zero attached hydrogens (tertiary/aromatic N) is 4. The van der Waals surface area contributed by atoms with Crippen molar-refractivity contribution in [2.75, 3.05) is 46.4 Å². The van der Waals surface area contributed by atoms with E-state index < -0.39 is 5.82 Å². The van der Waals surface area contributed by atoms with Crippen molar-refractivity contribution in [1.29, 1.82) is 5.26 Å². The maximum atomic E-state index is 14.2. The second-order valence-electron chi connectivity index (χ2n) is 8.32. The molecule has 1 amide bonds. The summed E-state index contributed by atoms with van der Waals surface area (Å²) in [5.41, 5.74) is 1.87. The van der Waals surface area contributed by atoms with Gasteiger partial charge >= 0.3 is 0 Å². The Kier molecular flexibility index (Phi) is 8.74. The number of halogens is 1. The Morgan fingerprint density at radius 1 is 1.19 bits per heavy atom. The van der Waals surface area contributed by atoms with E-state index in [-0.39, 0.29) is 25.0 Å². The number of nitriles is 1. The van der Waals surface area contributed by atoms with E-state index in [2.05, 4.69) is 28.9 Å². The van der Waals surface area contributed by atoms with E-state index in [0.717, 1.165) is 38.4 Å². The minimum absolute atomic E-state index is 0.0866. The van der Waals surface area contributed by atoms with Crippen LogP contribution in [-0.2, 0) is 22.6 Å². The van der Waals surface area contributed by atoms with Crippen molar-refractivity contribution in [3.05, 3.63) is 71.0 Å². The Morgan fingerprint density at radius 3 is 2.59 bits per heavy atom. The average molecular weight is 439 g/mol. The normalized spacial score (nSPS) is 15.3. The van der Waals surface area contributed by atoms with Crippen molar-refractivity contribution in [3.63, 3.8) is 0 Å². The van der Waals surface area contributed by atoms with E-state index in [9.17, 15) is 9.18 Å². The molecule has 1 unspecified atom stereocenters. The smallest absolute Gasteiger partial charge is 0.236 e. The Bertz CT molecular complexity index is 925. The van der Waals surface area contributed by atoms with Crippen LogP contribution in [0.25, 0.3) is 0 Å². The second kappa shape index (κ2) is 11.7. The highest BCUT2D eigenvalue weighted by Crippen LogP contribution is 2.15. The molecule has 0 saturated carbocycles. The third-order valence-corrected chi connectivity index (χ3v) is 5.82. The van der Waals surface area contributed by atoms with Crippen LogP contribution in [0.1, 0.15) is 23.6 Å². The molecule has 32 heavy (non-hydrogen) atoms. The molecule has 0 spiro atoms. The van der Waals surface area contributed by atoms with Crippen LogP contribution in [0.15, 0.2) is 48.5 Å². The van der Waals surface area contributed by atoms with Gasteiger partial charge in [-0.3, -0.25) is 14.6 Å². The lowest BCUT2D eigenvalue weighted by Gasteiger charge is -2.35. The summed E-state index contributed by atoms with van der Waals surface area (Å²) in [6, 6.07) is 16.5. The van der Waals surface area contributed by atoms with Gasteiger partial charge in [-0.05, 0) is 30.7 Å². The predicted octanol–water partition coefficient (Wildman–Crippen LogP) is 2.88. The number of hydrogen-bond acceptors (Lipinski definition) is 5. The van der Waals surface area contributed by atoms with Crippen LogP contribution < -0.4 is 0 Å². The van der Waals surface area contributed by atoms with Gasteiger partial charge in [-0.2, -0.15) is 5.26 Å². The fourth-order valence-corrected chi connectivity index (χ4v) is 3.86. The van der Waals surface area contributed by atoms with Gasteiger partial charge in [0.2, 0.25) is 5.91 Å². The monoisotopic (exact) mass is 438 g/mol. The lowest BCUT2D eigenvalue weighted by atomic mass is 10.1. The predicted molar refractivity (Wildman–Crippen MR) is 121 cm³/mol. The van der Waals surface area contributed by atoms with Crippen molar-refractivity contribution < 1.29 is 13.9 Å². The molecule has 3 rings (SSSR count).